The summed E-state index contributed by atoms with van der Waals surface area (Å²) in [4.78, 5) is 3.96. The molecule has 0 saturated carbocycles. The van der Waals surface area contributed by atoms with Gasteiger partial charge in [-0.15, -0.1) is 0 Å². The van der Waals surface area contributed by atoms with Gasteiger partial charge in [0.15, 0.2) is 0 Å². The van der Waals surface area contributed by atoms with Crippen molar-refractivity contribution in [3.05, 3.63) is 63.8 Å². The first kappa shape index (κ1) is 16.5. The van der Waals surface area contributed by atoms with Crippen LogP contribution in [0.5, 0.6) is 5.75 Å². The van der Waals surface area contributed by atoms with Crippen molar-refractivity contribution >= 4 is 29.4 Å². The quantitative estimate of drug-likeness (QED) is 0.685. The third-order valence-electron chi connectivity index (χ3n) is 3.34. The third kappa shape index (κ3) is 3.75. The van der Waals surface area contributed by atoms with Crippen molar-refractivity contribution in [2.75, 3.05) is 7.05 Å². The zero-order valence-electron chi connectivity index (χ0n) is 12.8. The van der Waals surface area contributed by atoms with E-state index in [0.29, 0.717) is 33.8 Å². The van der Waals surface area contributed by atoms with Crippen LogP contribution in [0.4, 0.5) is 0 Å². The summed E-state index contributed by atoms with van der Waals surface area (Å²) in [7, 11) is 1.68. The lowest BCUT2D eigenvalue weighted by atomic mass is 10.1. The highest BCUT2D eigenvalue weighted by molar-refractivity contribution is 6.32. The van der Waals surface area contributed by atoms with Crippen LogP contribution in [-0.4, -0.2) is 28.7 Å². The van der Waals surface area contributed by atoms with Crippen LogP contribution >= 0.6 is 23.2 Å². The molecule has 2 aromatic carbocycles. The van der Waals surface area contributed by atoms with Gasteiger partial charge in [-0.3, -0.25) is 4.99 Å². The van der Waals surface area contributed by atoms with Gasteiger partial charge in [0.1, 0.15) is 23.7 Å². The number of aromatic amines is 1. The predicted molar refractivity (Wildman–Crippen MR) is 96.1 cm³/mol. The smallest absolute Gasteiger partial charge is 0.138 e. The van der Waals surface area contributed by atoms with Crippen LogP contribution in [0.2, 0.25) is 10.0 Å². The van der Waals surface area contributed by atoms with E-state index in [9.17, 15) is 0 Å². The normalized spacial score (nSPS) is 11.1. The van der Waals surface area contributed by atoms with Gasteiger partial charge >= 0.3 is 0 Å². The fraction of sp³-hybridized carbons (Fsp3) is 0.118. The topological polar surface area (TPSA) is 63.2 Å². The molecule has 1 heterocycles. The largest absolute Gasteiger partial charge is 0.487 e. The highest BCUT2D eigenvalue weighted by Gasteiger charge is 2.11. The lowest BCUT2D eigenvalue weighted by molar-refractivity contribution is 0.306. The van der Waals surface area contributed by atoms with E-state index >= 15 is 0 Å². The Hall–Kier alpha value is -2.37. The minimum atomic E-state index is 0.411. The molecule has 0 bridgehead atoms. The summed E-state index contributed by atoms with van der Waals surface area (Å²) in [5.74, 6) is 0.601. The Bertz CT molecular complexity index is 859. The lowest BCUT2D eigenvalue weighted by Gasteiger charge is -2.09. The molecule has 3 rings (SSSR count). The molecule has 0 aliphatic heterocycles. The van der Waals surface area contributed by atoms with Crippen molar-refractivity contribution in [1.29, 1.82) is 0 Å². The summed E-state index contributed by atoms with van der Waals surface area (Å²) in [6.07, 6.45) is 1.64. The molecule has 1 N–H and O–H groups in total. The minimum Gasteiger partial charge on any atom is -0.487 e. The monoisotopic (exact) mass is 360 g/mol. The first-order valence-electron chi connectivity index (χ1n) is 7.17. The number of nitrogens with one attached hydrogen (secondary N) is 1. The molecule has 24 heavy (non-hydrogen) atoms. The van der Waals surface area contributed by atoms with E-state index in [1.165, 1.54) is 0 Å². The zero-order valence-corrected chi connectivity index (χ0v) is 14.3. The predicted octanol–water partition coefficient (Wildman–Crippen LogP) is 4.41. The second-order valence-electron chi connectivity index (χ2n) is 5.01. The van der Waals surface area contributed by atoms with E-state index in [2.05, 4.69) is 20.4 Å². The molecule has 1 aromatic heterocycles. The second-order valence-corrected chi connectivity index (χ2v) is 5.85. The van der Waals surface area contributed by atoms with Crippen molar-refractivity contribution in [1.82, 2.24) is 15.4 Å². The number of nitrogens with zero attached hydrogens (tertiary/aromatic N) is 3. The maximum Gasteiger partial charge on any atom is 0.138 e. The van der Waals surface area contributed by atoms with Crippen molar-refractivity contribution in [3.8, 4) is 17.0 Å². The molecule has 0 unspecified atom stereocenters. The molecule has 0 amide bonds. The maximum atomic E-state index is 6.33. The van der Waals surface area contributed by atoms with Crippen LogP contribution in [-0.2, 0) is 6.61 Å². The summed E-state index contributed by atoms with van der Waals surface area (Å²) < 4.78 is 5.77. The van der Waals surface area contributed by atoms with Crippen LogP contribution < -0.4 is 4.74 Å². The number of aliphatic imine (C=N–C) groups is 1. The van der Waals surface area contributed by atoms with Crippen LogP contribution in [0.1, 0.15) is 11.3 Å². The zero-order chi connectivity index (χ0) is 16.9. The number of benzene rings is 2. The van der Waals surface area contributed by atoms with E-state index in [-0.39, 0.29) is 0 Å². The highest BCUT2D eigenvalue weighted by Crippen LogP contribution is 2.30. The van der Waals surface area contributed by atoms with E-state index in [4.69, 9.17) is 27.9 Å². The van der Waals surface area contributed by atoms with Crippen molar-refractivity contribution < 1.29 is 4.74 Å². The Balaban J connectivity index is 1.77. The van der Waals surface area contributed by atoms with Gasteiger partial charge in [0.25, 0.3) is 0 Å². The van der Waals surface area contributed by atoms with Crippen molar-refractivity contribution in [2.24, 2.45) is 4.99 Å². The van der Waals surface area contributed by atoms with E-state index < -0.39 is 0 Å². The van der Waals surface area contributed by atoms with Crippen LogP contribution in [0.3, 0.4) is 0 Å². The molecule has 5 nitrogen and oxygen atoms in total. The number of H-pyrrole nitrogens is 1. The molecule has 0 fully saturated rings. The van der Waals surface area contributed by atoms with E-state index in [1.807, 2.05) is 36.4 Å². The van der Waals surface area contributed by atoms with Gasteiger partial charge in [-0.05, 0) is 35.9 Å². The highest BCUT2D eigenvalue weighted by atomic mass is 35.5. The second kappa shape index (κ2) is 7.47. The van der Waals surface area contributed by atoms with Crippen LogP contribution in [0.25, 0.3) is 11.3 Å². The van der Waals surface area contributed by atoms with Crippen molar-refractivity contribution in [3.63, 3.8) is 0 Å². The Labute approximate surface area is 149 Å². The van der Waals surface area contributed by atoms with Gasteiger partial charge < -0.3 is 4.74 Å². The average Bonchev–Trinajstić information content (AvgIpc) is 3.04. The summed E-state index contributed by atoms with van der Waals surface area (Å²) in [5, 5.41) is 12.0. The maximum absolute atomic E-state index is 6.33. The number of rotatable bonds is 5. The average molecular weight is 361 g/mol. The van der Waals surface area contributed by atoms with Gasteiger partial charge in [-0.25, -0.2) is 0 Å². The molecular formula is C17H14Cl2N4O. The standard InChI is InChI=1S/C17H14Cl2N4O/c1-20-9-15-17(22-23-21-15)12-4-7-16(14(19)8-12)24-10-11-2-5-13(18)6-3-11/h2-9H,10H2,1H3,(H,21,22,23). The molecular weight excluding hydrogens is 347 g/mol. The van der Waals surface area contributed by atoms with Gasteiger partial charge in [0.2, 0.25) is 0 Å². The minimum absolute atomic E-state index is 0.411. The number of ether oxygens (including phenoxy) is 1. The van der Waals surface area contributed by atoms with Gasteiger partial charge in [-0.2, -0.15) is 15.4 Å². The molecule has 3 aromatic rings. The molecule has 0 aliphatic carbocycles. The number of hydrogen-bond acceptors (Lipinski definition) is 4. The number of hydrogen-bond donors (Lipinski definition) is 1. The number of halogens is 2. The first-order valence-corrected chi connectivity index (χ1v) is 7.93. The van der Waals surface area contributed by atoms with E-state index in [0.717, 1.165) is 11.1 Å². The molecule has 0 aliphatic rings. The fourth-order valence-electron chi connectivity index (χ4n) is 2.17. The molecule has 0 spiro atoms. The summed E-state index contributed by atoms with van der Waals surface area (Å²) in [6, 6.07) is 13.0. The molecule has 7 heteroatoms. The van der Waals surface area contributed by atoms with Gasteiger partial charge in [0.05, 0.1) is 11.2 Å². The van der Waals surface area contributed by atoms with Crippen molar-refractivity contribution in [2.45, 2.75) is 6.61 Å². The molecule has 0 radical (unpaired) electrons. The van der Waals surface area contributed by atoms with E-state index in [1.54, 1.807) is 19.3 Å². The van der Waals surface area contributed by atoms with Gasteiger partial charge in [0, 0.05) is 17.6 Å². The van der Waals surface area contributed by atoms with Gasteiger partial charge in [-0.1, -0.05) is 35.3 Å². The summed E-state index contributed by atoms with van der Waals surface area (Å²) in [5.41, 5.74) is 3.19. The number of aromatic nitrogens is 3. The molecule has 122 valence electrons. The third-order valence-corrected chi connectivity index (χ3v) is 3.89. The molecule has 0 atom stereocenters. The summed E-state index contributed by atoms with van der Waals surface area (Å²) in [6.45, 7) is 0.411. The van der Waals surface area contributed by atoms with Crippen LogP contribution in [0.15, 0.2) is 47.5 Å². The molecule has 0 saturated heterocycles. The SMILES string of the molecule is CN=Cc1n[nH]nc1-c1ccc(OCc2ccc(Cl)cc2)c(Cl)c1. The van der Waals surface area contributed by atoms with Crippen LogP contribution in [0, 0.1) is 0 Å². The Kier molecular flexibility index (Phi) is 5.13. The Morgan fingerprint density at radius 2 is 1.92 bits per heavy atom. The summed E-state index contributed by atoms with van der Waals surface area (Å²) >= 11 is 12.2. The first-order chi connectivity index (χ1) is 11.7. The Morgan fingerprint density at radius 3 is 2.62 bits per heavy atom. The Morgan fingerprint density at radius 1 is 1.12 bits per heavy atom. The fourth-order valence-corrected chi connectivity index (χ4v) is 2.53. The lowest BCUT2D eigenvalue weighted by Crippen LogP contribution is -1.96.